The number of H-pyrrole nitrogens is 1. The molecule has 2 N–H and O–H groups in total. The van der Waals surface area contributed by atoms with E-state index in [1.807, 2.05) is 30.3 Å². The second-order valence-electron chi connectivity index (χ2n) is 4.55. The maximum atomic E-state index is 11.1. The molecule has 0 saturated carbocycles. The van der Waals surface area contributed by atoms with Gasteiger partial charge in [-0.3, -0.25) is 4.98 Å². The number of nitrogens with one attached hydrogen (secondary N) is 2. The molecule has 0 aliphatic heterocycles. The van der Waals surface area contributed by atoms with E-state index in [0.29, 0.717) is 17.6 Å². The highest BCUT2D eigenvalue weighted by molar-refractivity contribution is 9.10. The fourth-order valence-electron chi connectivity index (χ4n) is 2.09. The van der Waals surface area contributed by atoms with Crippen LogP contribution in [0.15, 0.2) is 50.1 Å². The van der Waals surface area contributed by atoms with Gasteiger partial charge in [0.25, 0.3) is 0 Å². The van der Waals surface area contributed by atoms with Crippen LogP contribution in [-0.4, -0.2) is 12.1 Å². The fourth-order valence-corrected chi connectivity index (χ4v) is 2.67. The summed E-state index contributed by atoms with van der Waals surface area (Å²) in [6, 6.07) is 11.4. The van der Waals surface area contributed by atoms with Crippen molar-refractivity contribution in [3.63, 3.8) is 0 Å². The summed E-state index contributed by atoms with van der Waals surface area (Å²) in [6.07, 6.45) is 0. The first-order valence-corrected chi connectivity index (χ1v) is 7.14. The van der Waals surface area contributed by atoms with Crippen LogP contribution in [-0.2, 0) is 6.54 Å². The number of hydrogen-bond donors (Lipinski definition) is 2. The third-order valence-electron chi connectivity index (χ3n) is 3.13. The molecule has 0 fully saturated rings. The largest absolute Gasteiger partial charge is 0.496 e. The van der Waals surface area contributed by atoms with Gasteiger partial charge in [-0.25, -0.2) is 4.79 Å². The number of benzene rings is 2. The summed E-state index contributed by atoms with van der Waals surface area (Å²) in [4.78, 5) is 13.8. The second-order valence-corrected chi connectivity index (χ2v) is 5.40. The Hall–Kier alpha value is -2.21. The molecule has 0 spiro atoms. The van der Waals surface area contributed by atoms with Crippen molar-refractivity contribution in [2.24, 2.45) is 0 Å². The van der Waals surface area contributed by atoms with E-state index in [4.69, 9.17) is 9.15 Å². The number of methoxy groups -OCH3 is 1. The van der Waals surface area contributed by atoms with Crippen LogP contribution < -0.4 is 15.8 Å². The maximum absolute atomic E-state index is 11.1. The Bertz CT molecular complexity index is 838. The number of ether oxygens (including phenoxy) is 1. The van der Waals surface area contributed by atoms with Crippen molar-refractivity contribution in [2.75, 3.05) is 12.4 Å². The van der Waals surface area contributed by atoms with E-state index in [1.54, 1.807) is 13.2 Å². The summed E-state index contributed by atoms with van der Waals surface area (Å²) >= 11 is 3.46. The molecule has 6 heteroatoms. The van der Waals surface area contributed by atoms with Crippen LogP contribution in [0.1, 0.15) is 5.56 Å². The molecular formula is C15H13BrN2O3. The quantitative estimate of drug-likeness (QED) is 0.757. The average Bonchev–Trinajstić information content (AvgIpc) is 2.84. The summed E-state index contributed by atoms with van der Waals surface area (Å²) in [5.74, 6) is 0.359. The predicted molar refractivity (Wildman–Crippen MR) is 84.9 cm³/mol. The topological polar surface area (TPSA) is 67.3 Å². The Morgan fingerprint density at radius 1 is 1.29 bits per heavy atom. The molecule has 0 atom stereocenters. The van der Waals surface area contributed by atoms with Gasteiger partial charge in [0.1, 0.15) is 5.75 Å². The number of halogens is 1. The molecule has 0 unspecified atom stereocenters. The van der Waals surface area contributed by atoms with Gasteiger partial charge in [0.05, 0.1) is 17.1 Å². The standard InChI is InChI=1S/C15H13BrN2O3/c1-20-13-4-2-9(6-11(13)16)8-17-10-3-5-14-12(7-10)18-15(19)21-14/h2-7,17H,8H2,1H3,(H,18,19). The smallest absolute Gasteiger partial charge is 0.417 e. The normalized spacial score (nSPS) is 10.8. The summed E-state index contributed by atoms with van der Waals surface area (Å²) in [5.41, 5.74) is 3.26. The first-order chi connectivity index (χ1) is 10.2. The van der Waals surface area contributed by atoms with Gasteiger partial charge in [0, 0.05) is 12.2 Å². The number of anilines is 1. The van der Waals surface area contributed by atoms with Crippen LogP contribution in [0.5, 0.6) is 5.75 Å². The molecule has 5 nitrogen and oxygen atoms in total. The number of oxazole rings is 1. The van der Waals surface area contributed by atoms with Crippen molar-refractivity contribution in [3.8, 4) is 5.75 Å². The zero-order valence-electron chi connectivity index (χ0n) is 11.3. The zero-order chi connectivity index (χ0) is 14.8. The molecule has 1 aromatic heterocycles. The van der Waals surface area contributed by atoms with Crippen molar-refractivity contribution < 1.29 is 9.15 Å². The number of fused-ring (bicyclic) bond motifs is 1. The lowest BCUT2D eigenvalue weighted by atomic mass is 10.2. The van der Waals surface area contributed by atoms with Crippen LogP contribution >= 0.6 is 15.9 Å². The van der Waals surface area contributed by atoms with Gasteiger partial charge < -0.3 is 14.5 Å². The first kappa shape index (κ1) is 13.8. The predicted octanol–water partition coefficient (Wildman–Crippen LogP) is 3.50. The van der Waals surface area contributed by atoms with Crippen molar-refractivity contribution in [1.29, 1.82) is 0 Å². The third kappa shape index (κ3) is 2.95. The number of hydrogen-bond acceptors (Lipinski definition) is 4. The molecule has 108 valence electrons. The Kier molecular flexibility index (Phi) is 3.70. The monoisotopic (exact) mass is 348 g/mol. The maximum Gasteiger partial charge on any atom is 0.417 e. The van der Waals surface area contributed by atoms with Crippen LogP contribution in [0.3, 0.4) is 0 Å². The number of aromatic amines is 1. The first-order valence-electron chi connectivity index (χ1n) is 6.35. The molecule has 0 saturated heterocycles. The molecular weight excluding hydrogens is 336 g/mol. The lowest BCUT2D eigenvalue weighted by Crippen LogP contribution is -1.99. The third-order valence-corrected chi connectivity index (χ3v) is 3.75. The molecule has 3 rings (SSSR count). The van der Waals surface area contributed by atoms with Crippen molar-refractivity contribution in [3.05, 3.63) is 57.0 Å². The van der Waals surface area contributed by atoms with Crippen molar-refractivity contribution in [1.82, 2.24) is 4.98 Å². The van der Waals surface area contributed by atoms with Crippen molar-refractivity contribution >= 4 is 32.7 Å². The summed E-state index contributed by atoms with van der Waals surface area (Å²) in [6.45, 7) is 0.663. The Labute approximate surface area is 129 Å². The van der Waals surface area contributed by atoms with Crippen molar-refractivity contribution in [2.45, 2.75) is 6.54 Å². The molecule has 21 heavy (non-hydrogen) atoms. The van der Waals surface area contributed by atoms with E-state index in [0.717, 1.165) is 21.5 Å². The molecule has 1 heterocycles. The number of rotatable bonds is 4. The van der Waals surface area contributed by atoms with E-state index in [9.17, 15) is 4.79 Å². The van der Waals surface area contributed by atoms with Gasteiger partial charge in [-0.2, -0.15) is 0 Å². The van der Waals surface area contributed by atoms with E-state index < -0.39 is 5.76 Å². The Balaban J connectivity index is 1.76. The Morgan fingerprint density at radius 3 is 2.90 bits per heavy atom. The minimum absolute atomic E-state index is 0.443. The summed E-state index contributed by atoms with van der Waals surface area (Å²) in [5, 5.41) is 3.30. The SMILES string of the molecule is COc1ccc(CNc2ccc3oc(=O)[nH]c3c2)cc1Br. The summed E-state index contributed by atoms with van der Waals surface area (Å²) < 4.78 is 11.1. The van der Waals surface area contributed by atoms with E-state index >= 15 is 0 Å². The van der Waals surface area contributed by atoms with Gasteiger partial charge in [0.2, 0.25) is 0 Å². The molecule has 3 aromatic rings. The van der Waals surface area contributed by atoms with Crippen LogP contribution in [0.4, 0.5) is 5.69 Å². The number of aromatic nitrogens is 1. The molecule has 0 aliphatic rings. The molecule has 2 aromatic carbocycles. The molecule has 0 radical (unpaired) electrons. The lowest BCUT2D eigenvalue weighted by molar-refractivity contribution is 0.412. The van der Waals surface area contributed by atoms with Crippen LogP contribution in [0.25, 0.3) is 11.1 Å². The van der Waals surface area contributed by atoms with Gasteiger partial charge in [-0.15, -0.1) is 0 Å². The van der Waals surface area contributed by atoms with Crippen LogP contribution in [0.2, 0.25) is 0 Å². The highest BCUT2D eigenvalue weighted by Gasteiger charge is 2.04. The van der Waals surface area contributed by atoms with E-state index in [-0.39, 0.29) is 0 Å². The highest BCUT2D eigenvalue weighted by Crippen LogP contribution is 2.26. The molecule has 0 bridgehead atoms. The zero-order valence-corrected chi connectivity index (χ0v) is 12.9. The molecule has 0 aliphatic carbocycles. The van der Waals surface area contributed by atoms with E-state index in [1.165, 1.54) is 0 Å². The van der Waals surface area contributed by atoms with Gasteiger partial charge >= 0.3 is 5.76 Å². The van der Waals surface area contributed by atoms with Gasteiger partial charge in [0.15, 0.2) is 5.58 Å². The van der Waals surface area contributed by atoms with Gasteiger partial charge in [-0.1, -0.05) is 6.07 Å². The average molecular weight is 349 g/mol. The second kappa shape index (κ2) is 5.65. The minimum Gasteiger partial charge on any atom is -0.496 e. The molecule has 0 amide bonds. The van der Waals surface area contributed by atoms with Gasteiger partial charge in [-0.05, 0) is 51.8 Å². The lowest BCUT2D eigenvalue weighted by Gasteiger charge is -2.09. The van der Waals surface area contributed by atoms with Crippen LogP contribution in [0, 0.1) is 0 Å². The summed E-state index contributed by atoms with van der Waals surface area (Å²) in [7, 11) is 1.64. The minimum atomic E-state index is -0.443. The fraction of sp³-hybridized carbons (Fsp3) is 0.133. The Morgan fingerprint density at radius 2 is 2.14 bits per heavy atom. The van der Waals surface area contributed by atoms with E-state index in [2.05, 4.69) is 26.2 Å². The highest BCUT2D eigenvalue weighted by atomic mass is 79.9.